The Labute approximate surface area is 155 Å². The van der Waals surface area contributed by atoms with Gasteiger partial charge in [-0.15, -0.1) is 0 Å². The van der Waals surface area contributed by atoms with Crippen LogP contribution in [0.4, 0.5) is 0 Å². The van der Waals surface area contributed by atoms with Crippen LogP contribution in [-0.2, 0) is 26.8 Å². The summed E-state index contributed by atoms with van der Waals surface area (Å²) >= 11 is 4.71. The predicted molar refractivity (Wildman–Crippen MR) is 110 cm³/mol. The Morgan fingerprint density at radius 2 is 1.00 bits per heavy atom. The summed E-state index contributed by atoms with van der Waals surface area (Å²) in [6.07, 6.45) is -1.11. The molecule has 0 saturated carbocycles. The third-order valence-electron chi connectivity index (χ3n) is 4.20. The molecule has 0 aliphatic rings. The Balaban J connectivity index is 4.19. The first-order valence-corrected chi connectivity index (χ1v) is 17.4. The number of hydrogen-bond acceptors (Lipinski definition) is 7. The van der Waals surface area contributed by atoms with Gasteiger partial charge in [0.2, 0.25) is 0 Å². The maximum absolute atomic E-state index is 6.02. The molecule has 6 nitrogen and oxygen atoms in total. The Hall–Kier alpha value is 0.974. The van der Waals surface area contributed by atoms with Crippen molar-refractivity contribution in [3.63, 3.8) is 0 Å². The summed E-state index contributed by atoms with van der Waals surface area (Å²) in [6, 6.07) is 1.76. The molecular formula is C14H37O6PSSi2. The van der Waals surface area contributed by atoms with Gasteiger partial charge in [0, 0.05) is 0 Å². The molecule has 148 valence electrons. The summed E-state index contributed by atoms with van der Waals surface area (Å²) < 4.78 is 34.0. The first-order chi connectivity index (χ1) is 10.9. The quantitative estimate of drug-likeness (QED) is 0.198. The van der Waals surface area contributed by atoms with Crippen molar-refractivity contribution in [1.82, 2.24) is 0 Å². The van der Waals surface area contributed by atoms with Crippen LogP contribution in [0.5, 0.6) is 0 Å². The molecule has 0 rings (SSSR count). The molecule has 0 fully saturated rings. The normalized spacial score (nSPS) is 15.3. The number of hydrogen-bond donors (Lipinski definition) is 1. The fourth-order valence-electron chi connectivity index (χ4n) is 2.05. The fourth-order valence-corrected chi connectivity index (χ4v) is 6.64. The second kappa shape index (κ2) is 10.3. The Kier molecular flexibility index (Phi) is 10.8. The minimum atomic E-state index is -2.85. The summed E-state index contributed by atoms with van der Waals surface area (Å²) in [5, 5.41) is 0. The van der Waals surface area contributed by atoms with E-state index in [1.54, 1.807) is 28.4 Å². The molecule has 0 radical (unpaired) electrons. The van der Waals surface area contributed by atoms with Gasteiger partial charge in [-0.1, -0.05) is 0 Å². The van der Waals surface area contributed by atoms with Gasteiger partial charge < -0.3 is 0 Å². The van der Waals surface area contributed by atoms with Gasteiger partial charge in [-0.3, -0.25) is 0 Å². The summed E-state index contributed by atoms with van der Waals surface area (Å²) in [5.41, 5.74) is 0. The summed E-state index contributed by atoms with van der Waals surface area (Å²) in [5.74, 6) is 0. The van der Waals surface area contributed by atoms with E-state index in [-0.39, 0.29) is 0 Å². The van der Waals surface area contributed by atoms with Crippen molar-refractivity contribution < 1.29 is 26.8 Å². The topological polar surface area (TPSA) is 55.4 Å². The third-order valence-corrected chi connectivity index (χ3v) is 12.7. The van der Waals surface area contributed by atoms with Crippen molar-refractivity contribution in [2.24, 2.45) is 0 Å². The van der Waals surface area contributed by atoms with E-state index in [1.165, 1.54) is 0 Å². The molecule has 10 heteroatoms. The van der Waals surface area contributed by atoms with E-state index < -0.39 is 23.4 Å². The molecule has 0 aromatic heterocycles. The molecule has 0 heterocycles. The van der Waals surface area contributed by atoms with E-state index in [2.05, 4.69) is 0 Å². The van der Waals surface area contributed by atoms with E-state index in [4.69, 9.17) is 39.0 Å². The number of rotatable bonds is 14. The summed E-state index contributed by atoms with van der Waals surface area (Å²) in [7, 11) is 2.75. The monoisotopic (exact) mass is 420 g/mol. The first-order valence-electron chi connectivity index (χ1n) is 8.19. The molecule has 0 atom stereocenters. The summed E-state index contributed by atoms with van der Waals surface area (Å²) in [4.78, 5) is 0. The van der Waals surface area contributed by atoms with Crippen molar-refractivity contribution in [2.75, 3.05) is 55.0 Å². The Morgan fingerprint density at radius 1 is 0.708 bits per heavy atom. The van der Waals surface area contributed by atoms with Crippen molar-refractivity contribution in [2.45, 2.75) is 38.0 Å². The van der Waals surface area contributed by atoms with E-state index >= 15 is 0 Å². The maximum atomic E-state index is 6.02. The van der Waals surface area contributed by atoms with Crippen LogP contribution in [0.25, 0.3) is 0 Å². The zero-order valence-electron chi connectivity index (χ0n) is 16.6. The molecule has 0 aromatic carbocycles. The molecule has 0 saturated heterocycles. The van der Waals surface area contributed by atoms with Crippen molar-refractivity contribution in [3.8, 4) is 0 Å². The molecule has 0 spiro atoms. The minimum absolute atomic E-state index is 0.590. The predicted octanol–water partition coefficient (Wildman–Crippen LogP) is 4.02. The van der Waals surface area contributed by atoms with E-state index in [0.29, 0.717) is 13.2 Å². The van der Waals surface area contributed by atoms with Crippen molar-refractivity contribution in [3.05, 3.63) is 0 Å². The molecule has 0 amide bonds. The average molecular weight is 421 g/mol. The van der Waals surface area contributed by atoms with Crippen LogP contribution >= 0.6 is 18.5 Å². The van der Waals surface area contributed by atoms with Gasteiger partial charge in [0.25, 0.3) is 0 Å². The molecule has 0 aliphatic carbocycles. The van der Waals surface area contributed by atoms with Gasteiger partial charge >= 0.3 is 155 Å². The molecule has 24 heavy (non-hydrogen) atoms. The molecular weight excluding hydrogens is 383 g/mol. The Bertz CT molecular complexity index is 329. The molecule has 0 N–H and O–H groups in total. The fraction of sp³-hybridized carbons (Fsp3) is 1.00. The number of thiol groups is 1. The van der Waals surface area contributed by atoms with Gasteiger partial charge in [-0.2, -0.15) is 0 Å². The third kappa shape index (κ3) is 10.2. The van der Waals surface area contributed by atoms with Crippen LogP contribution in [0, 0.1) is 0 Å². The van der Waals surface area contributed by atoms with Crippen LogP contribution in [0.2, 0.25) is 25.2 Å². The van der Waals surface area contributed by atoms with E-state index in [1.807, 2.05) is 26.4 Å². The van der Waals surface area contributed by atoms with Crippen molar-refractivity contribution >= 4 is 35.6 Å². The van der Waals surface area contributed by atoms with Gasteiger partial charge in [0.1, 0.15) is 0 Å². The van der Waals surface area contributed by atoms with E-state index in [9.17, 15) is 0 Å². The standard InChI is InChI=1S/C14H37O6PSSi2/c1-15-23(7,16-2)13-9-11-19-21(5,6,22)20-12-10-14-24(8,17-3)18-4/h22H,9-14H2,1-8H3. The molecule has 0 unspecified atom stereocenters. The van der Waals surface area contributed by atoms with Crippen LogP contribution in [0.3, 0.4) is 0 Å². The second-order valence-electron chi connectivity index (χ2n) is 6.77. The van der Waals surface area contributed by atoms with Crippen LogP contribution in [0.1, 0.15) is 12.8 Å². The van der Waals surface area contributed by atoms with Gasteiger partial charge in [0.15, 0.2) is 0 Å². The van der Waals surface area contributed by atoms with Gasteiger partial charge in [-0.05, 0) is 0 Å². The zero-order chi connectivity index (χ0) is 18.9. The molecule has 0 aliphatic heterocycles. The van der Waals surface area contributed by atoms with Gasteiger partial charge in [-0.25, -0.2) is 0 Å². The van der Waals surface area contributed by atoms with E-state index in [0.717, 1.165) is 24.9 Å². The SMILES string of the molecule is CO[Si](C)(CCCOP(C)(C)(S)OCCC[Si](C)(OC)OC)OC. The average Bonchev–Trinajstić information content (AvgIpc) is 2.55. The second-order valence-corrected chi connectivity index (χ2v) is 21.5. The van der Waals surface area contributed by atoms with Gasteiger partial charge in [0.05, 0.1) is 0 Å². The molecule has 0 bridgehead atoms. The first kappa shape index (κ1) is 25.0. The summed E-state index contributed by atoms with van der Waals surface area (Å²) in [6.45, 7) is 9.20. The van der Waals surface area contributed by atoms with Crippen molar-refractivity contribution in [1.29, 1.82) is 0 Å². The van der Waals surface area contributed by atoms with Crippen LogP contribution in [0.15, 0.2) is 0 Å². The molecule has 0 aromatic rings. The zero-order valence-corrected chi connectivity index (χ0v) is 20.4. The van der Waals surface area contributed by atoms with Crippen LogP contribution < -0.4 is 0 Å². The van der Waals surface area contributed by atoms with Crippen LogP contribution in [-0.4, -0.2) is 72.1 Å². The Morgan fingerprint density at radius 3 is 1.25 bits per heavy atom.